The molecule has 0 bridgehead atoms. The van der Waals surface area contributed by atoms with E-state index in [1.54, 1.807) is 37.5 Å². The highest BCUT2D eigenvalue weighted by Crippen LogP contribution is 2.14. The molecule has 7 heteroatoms. The molecule has 21 heavy (non-hydrogen) atoms. The maximum atomic E-state index is 12.0. The van der Waals surface area contributed by atoms with E-state index in [4.69, 9.17) is 0 Å². The van der Waals surface area contributed by atoms with Crippen LogP contribution in [-0.2, 0) is 9.84 Å². The molecule has 2 aromatic heterocycles. The van der Waals surface area contributed by atoms with Crippen molar-refractivity contribution in [2.24, 2.45) is 0 Å². The molecular weight excluding hydrogens is 290 g/mol. The smallest absolute Gasteiger partial charge is 0.251 e. The SMILES string of the molecule is CC(NC(=O)c1ccncc1)c1ccc(S(C)(=O)=O)nc1. The molecule has 0 spiro atoms. The van der Waals surface area contributed by atoms with E-state index < -0.39 is 9.84 Å². The van der Waals surface area contributed by atoms with E-state index in [1.807, 2.05) is 0 Å². The fraction of sp³-hybridized carbons (Fsp3) is 0.214. The van der Waals surface area contributed by atoms with E-state index in [0.717, 1.165) is 11.8 Å². The molecule has 1 unspecified atom stereocenters. The number of nitrogens with one attached hydrogen (secondary N) is 1. The normalized spacial score (nSPS) is 12.7. The van der Waals surface area contributed by atoms with Gasteiger partial charge in [-0.15, -0.1) is 0 Å². The first-order valence-electron chi connectivity index (χ1n) is 6.25. The second-order valence-electron chi connectivity index (χ2n) is 4.63. The Morgan fingerprint density at radius 3 is 2.38 bits per heavy atom. The Balaban J connectivity index is 2.10. The molecule has 0 aliphatic rings. The topological polar surface area (TPSA) is 89.0 Å². The van der Waals surface area contributed by atoms with Crippen LogP contribution in [0.15, 0.2) is 47.9 Å². The molecule has 0 radical (unpaired) electrons. The van der Waals surface area contributed by atoms with Gasteiger partial charge in [0.25, 0.3) is 5.91 Å². The van der Waals surface area contributed by atoms with Crippen LogP contribution in [0.5, 0.6) is 0 Å². The van der Waals surface area contributed by atoms with Gasteiger partial charge in [0.05, 0.1) is 6.04 Å². The minimum Gasteiger partial charge on any atom is -0.345 e. The second-order valence-corrected chi connectivity index (χ2v) is 6.60. The Morgan fingerprint density at radius 2 is 1.86 bits per heavy atom. The highest BCUT2D eigenvalue weighted by molar-refractivity contribution is 7.90. The predicted molar refractivity (Wildman–Crippen MR) is 77.5 cm³/mol. The van der Waals surface area contributed by atoms with Crippen LogP contribution in [0, 0.1) is 0 Å². The lowest BCUT2D eigenvalue weighted by atomic mass is 10.1. The van der Waals surface area contributed by atoms with Gasteiger partial charge >= 0.3 is 0 Å². The van der Waals surface area contributed by atoms with Gasteiger partial charge in [0.1, 0.15) is 0 Å². The molecule has 0 saturated heterocycles. The molecule has 0 aliphatic heterocycles. The molecule has 1 amide bonds. The first kappa shape index (κ1) is 15.1. The van der Waals surface area contributed by atoms with Gasteiger partial charge in [-0.05, 0) is 30.7 Å². The molecule has 1 atom stereocenters. The number of rotatable bonds is 4. The Hall–Kier alpha value is -2.28. The van der Waals surface area contributed by atoms with Crippen molar-refractivity contribution in [1.29, 1.82) is 0 Å². The average molecular weight is 305 g/mol. The van der Waals surface area contributed by atoms with Gasteiger partial charge in [0, 0.05) is 30.4 Å². The van der Waals surface area contributed by atoms with Crippen LogP contribution < -0.4 is 5.32 Å². The van der Waals surface area contributed by atoms with Crippen molar-refractivity contribution >= 4 is 15.7 Å². The van der Waals surface area contributed by atoms with Crippen molar-refractivity contribution in [3.05, 3.63) is 54.0 Å². The van der Waals surface area contributed by atoms with E-state index in [0.29, 0.717) is 5.56 Å². The summed E-state index contributed by atoms with van der Waals surface area (Å²) in [6.45, 7) is 1.80. The number of nitrogens with zero attached hydrogens (tertiary/aromatic N) is 2. The average Bonchev–Trinajstić information content (AvgIpc) is 2.47. The highest BCUT2D eigenvalue weighted by Gasteiger charge is 2.13. The number of carbonyl (C=O) groups excluding carboxylic acids is 1. The molecule has 0 fully saturated rings. The van der Waals surface area contributed by atoms with E-state index in [2.05, 4.69) is 15.3 Å². The first-order chi connectivity index (χ1) is 9.88. The van der Waals surface area contributed by atoms with Gasteiger partial charge in [-0.25, -0.2) is 13.4 Å². The Morgan fingerprint density at radius 1 is 1.19 bits per heavy atom. The van der Waals surface area contributed by atoms with Gasteiger partial charge in [-0.1, -0.05) is 6.07 Å². The molecule has 0 saturated carbocycles. The summed E-state index contributed by atoms with van der Waals surface area (Å²) in [6, 6.07) is 6.02. The third-order valence-electron chi connectivity index (χ3n) is 2.93. The first-order valence-corrected chi connectivity index (χ1v) is 8.14. The molecule has 0 aliphatic carbocycles. The minimum absolute atomic E-state index is 0.0129. The molecule has 2 heterocycles. The number of aromatic nitrogens is 2. The second kappa shape index (κ2) is 6.01. The van der Waals surface area contributed by atoms with Crippen molar-refractivity contribution in [3.8, 4) is 0 Å². The van der Waals surface area contributed by atoms with Gasteiger partial charge in [-0.3, -0.25) is 9.78 Å². The van der Waals surface area contributed by atoms with Crippen LogP contribution in [0.2, 0.25) is 0 Å². The summed E-state index contributed by atoms with van der Waals surface area (Å²) in [5, 5.41) is 2.83. The van der Waals surface area contributed by atoms with Crippen molar-refractivity contribution in [2.45, 2.75) is 18.0 Å². The van der Waals surface area contributed by atoms with Gasteiger partial charge in [0.15, 0.2) is 14.9 Å². The van der Waals surface area contributed by atoms with Crippen LogP contribution in [0.3, 0.4) is 0 Å². The van der Waals surface area contributed by atoms with Gasteiger partial charge < -0.3 is 5.32 Å². The zero-order chi connectivity index (χ0) is 15.5. The summed E-state index contributed by atoms with van der Waals surface area (Å²) >= 11 is 0. The van der Waals surface area contributed by atoms with Gasteiger partial charge in [-0.2, -0.15) is 0 Å². The van der Waals surface area contributed by atoms with E-state index >= 15 is 0 Å². The van der Waals surface area contributed by atoms with Crippen LogP contribution >= 0.6 is 0 Å². The summed E-state index contributed by atoms with van der Waals surface area (Å²) in [5.74, 6) is -0.225. The fourth-order valence-electron chi connectivity index (χ4n) is 1.73. The Kier molecular flexibility index (Phi) is 4.32. The number of pyridine rings is 2. The maximum Gasteiger partial charge on any atom is 0.251 e. The van der Waals surface area contributed by atoms with Crippen LogP contribution in [0.4, 0.5) is 0 Å². The fourth-order valence-corrected chi connectivity index (χ4v) is 2.29. The minimum atomic E-state index is -3.32. The number of carbonyl (C=O) groups is 1. The lowest BCUT2D eigenvalue weighted by Gasteiger charge is -2.14. The standard InChI is InChI=1S/C14H15N3O3S/c1-10(17-14(18)11-5-7-15-8-6-11)12-3-4-13(16-9-12)21(2,19)20/h3-10H,1-2H3,(H,17,18). The van der Waals surface area contributed by atoms with E-state index in [9.17, 15) is 13.2 Å². The van der Waals surface area contributed by atoms with Gasteiger partial charge in [0.2, 0.25) is 0 Å². The van der Waals surface area contributed by atoms with Crippen LogP contribution in [0.25, 0.3) is 0 Å². The van der Waals surface area contributed by atoms with E-state index in [1.165, 1.54) is 12.3 Å². The monoisotopic (exact) mass is 305 g/mol. The summed E-state index contributed by atoms with van der Waals surface area (Å²) in [5.41, 5.74) is 1.24. The molecule has 6 nitrogen and oxygen atoms in total. The quantitative estimate of drug-likeness (QED) is 0.921. The maximum absolute atomic E-state index is 12.0. The summed E-state index contributed by atoms with van der Waals surface area (Å²) in [4.78, 5) is 19.8. The summed E-state index contributed by atoms with van der Waals surface area (Å²) < 4.78 is 22.7. The van der Waals surface area contributed by atoms with Crippen LogP contribution in [-0.4, -0.2) is 30.5 Å². The zero-order valence-electron chi connectivity index (χ0n) is 11.6. The molecule has 0 aromatic carbocycles. The summed E-state index contributed by atoms with van der Waals surface area (Å²) in [6.07, 6.45) is 5.64. The van der Waals surface area contributed by atoms with Crippen molar-refractivity contribution in [3.63, 3.8) is 0 Å². The highest BCUT2D eigenvalue weighted by atomic mass is 32.2. The van der Waals surface area contributed by atoms with Crippen molar-refractivity contribution < 1.29 is 13.2 Å². The Labute approximate surface area is 123 Å². The molecular formula is C14H15N3O3S. The molecule has 2 aromatic rings. The predicted octanol–water partition coefficient (Wildman–Crippen LogP) is 1.37. The Bertz CT molecular complexity index is 728. The van der Waals surface area contributed by atoms with Crippen LogP contribution in [0.1, 0.15) is 28.9 Å². The molecule has 1 N–H and O–H groups in total. The summed E-state index contributed by atoms with van der Waals surface area (Å²) in [7, 11) is -3.32. The number of hydrogen-bond acceptors (Lipinski definition) is 5. The largest absolute Gasteiger partial charge is 0.345 e. The lowest BCUT2D eigenvalue weighted by molar-refractivity contribution is 0.0939. The number of sulfone groups is 1. The van der Waals surface area contributed by atoms with E-state index in [-0.39, 0.29) is 17.0 Å². The zero-order valence-corrected chi connectivity index (χ0v) is 12.5. The number of hydrogen-bond donors (Lipinski definition) is 1. The molecule has 110 valence electrons. The van der Waals surface area contributed by atoms with Crippen molar-refractivity contribution in [2.75, 3.05) is 6.26 Å². The lowest BCUT2D eigenvalue weighted by Crippen LogP contribution is -2.26. The molecule has 2 rings (SSSR count). The number of amides is 1. The third kappa shape index (κ3) is 3.85. The third-order valence-corrected chi connectivity index (χ3v) is 3.93. The van der Waals surface area contributed by atoms with Crippen molar-refractivity contribution in [1.82, 2.24) is 15.3 Å².